The van der Waals surface area contributed by atoms with E-state index in [1.807, 2.05) is 0 Å². The zero-order chi connectivity index (χ0) is 30.4. The number of hydrogen-bond acceptors (Lipinski definition) is 4. The Morgan fingerprint density at radius 2 is 1.59 bits per heavy atom. The summed E-state index contributed by atoms with van der Waals surface area (Å²) >= 11 is 11.7. The van der Waals surface area contributed by atoms with Crippen LogP contribution in [0.2, 0.25) is 10.0 Å². The average Bonchev–Trinajstić information content (AvgIpc) is 2.90. The molecule has 13 heteroatoms. The number of sulfonamides is 1. The summed E-state index contributed by atoms with van der Waals surface area (Å²) in [5.74, 6) is -1.28. The second-order valence-corrected chi connectivity index (χ2v) is 11.9. The van der Waals surface area contributed by atoms with Gasteiger partial charge in [0.2, 0.25) is 21.8 Å². The van der Waals surface area contributed by atoms with Crippen LogP contribution in [0, 0.1) is 0 Å². The van der Waals surface area contributed by atoms with Crippen LogP contribution in [0.1, 0.15) is 23.6 Å². The number of carbonyl (C=O) groups excluding carboxylic acids is 2. The normalized spacial score (nSPS) is 12.5. The Hall–Kier alpha value is -3.28. The van der Waals surface area contributed by atoms with Crippen LogP contribution >= 0.6 is 23.2 Å². The third kappa shape index (κ3) is 8.85. The van der Waals surface area contributed by atoms with Gasteiger partial charge >= 0.3 is 6.18 Å². The third-order valence-corrected chi connectivity index (χ3v) is 7.83. The van der Waals surface area contributed by atoms with Gasteiger partial charge in [0.15, 0.2) is 0 Å². The van der Waals surface area contributed by atoms with E-state index in [4.69, 9.17) is 23.2 Å². The van der Waals surface area contributed by atoms with E-state index in [0.717, 1.165) is 24.0 Å². The van der Waals surface area contributed by atoms with Gasteiger partial charge in [-0.05, 0) is 48.4 Å². The number of halogens is 5. The fraction of sp³-hybridized carbons (Fsp3) is 0.286. The van der Waals surface area contributed by atoms with Gasteiger partial charge in [0.1, 0.15) is 12.6 Å². The van der Waals surface area contributed by atoms with E-state index in [1.54, 1.807) is 61.5 Å². The van der Waals surface area contributed by atoms with Crippen LogP contribution in [0.4, 0.5) is 18.9 Å². The molecule has 0 unspecified atom stereocenters. The van der Waals surface area contributed by atoms with Gasteiger partial charge in [-0.25, -0.2) is 8.42 Å². The lowest BCUT2D eigenvalue weighted by Gasteiger charge is -2.33. The fourth-order valence-corrected chi connectivity index (χ4v) is 5.32. The van der Waals surface area contributed by atoms with E-state index in [2.05, 4.69) is 5.32 Å². The van der Waals surface area contributed by atoms with Crippen molar-refractivity contribution >= 4 is 50.7 Å². The predicted molar refractivity (Wildman–Crippen MR) is 153 cm³/mol. The molecule has 3 aromatic carbocycles. The average molecular weight is 631 g/mol. The molecular weight excluding hydrogens is 602 g/mol. The van der Waals surface area contributed by atoms with Crippen LogP contribution in [0.3, 0.4) is 0 Å². The lowest BCUT2D eigenvalue weighted by molar-refractivity contribution is -0.140. The summed E-state index contributed by atoms with van der Waals surface area (Å²) in [6.07, 6.45) is -3.99. The van der Waals surface area contributed by atoms with Crippen molar-refractivity contribution in [2.45, 2.75) is 32.1 Å². The molecule has 0 aromatic heterocycles. The largest absolute Gasteiger partial charge is 0.417 e. The van der Waals surface area contributed by atoms with E-state index in [0.29, 0.717) is 21.0 Å². The number of nitrogens with zero attached hydrogens (tertiary/aromatic N) is 2. The lowest BCUT2D eigenvalue weighted by Crippen LogP contribution is -2.53. The van der Waals surface area contributed by atoms with E-state index in [1.165, 1.54) is 4.90 Å². The molecule has 0 bridgehead atoms. The van der Waals surface area contributed by atoms with Crippen molar-refractivity contribution in [2.75, 3.05) is 23.7 Å². The van der Waals surface area contributed by atoms with E-state index in [-0.39, 0.29) is 19.5 Å². The van der Waals surface area contributed by atoms with Crippen molar-refractivity contribution in [1.29, 1.82) is 0 Å². The third-order valence-electron chi connectivity index (χ3n) is 6.11. The first kappa shape index (κ1) is 32.2. The Kier molecular flexibility index (Phi) is 10.7. The van der Waals surface area contributed by atoms with Gasteiger partial charge in [-0.3, -0.25) is 13.9 Å². The van der Waals surface area contributed by atoms with Gasteiger partial charge in [0, 0.05) is 24.5 Å². The zero-order valence-corrected chi connectivity index (χ0v) is 24.5. The Morgan fingerprint density at radius 3 is 2.15 bits per heavy atom. The molecule has 2 amide bonds. The van der Waals surface area contributed by atoms with Gasteiger partial charge in [-0.1, -0.05) is 65.7 Å². The summed E-state index contributed by atoms with van der Waals surface area (Å²) < 4.78 is 66.7. The minimum Gasteiger partial charge on any atom is -0.355 e. The van der Waals surface area contributed by atoms with Gasteiger partial charge < -0.3 is 10.2 Å². The number of benzene rings is 3. The molecule has 0 spiro atoms. The van der Waals surface area contributed by atoms with Gasteiger partial charge in [-0.2, -0.15) is 13.2 Å². The summed E-state index contributed by atoms with van der Waals surface area (Å²) in [5, 5.41) is 2.54. The SMILES string of the molecule is CCNC(=O)[C@@H](Cc1ccccc1)N(Cc1ccc(Cl)cc1)C(=O)CN(c1ccc(Cl)c(C(F)(F)F)c1)S(C)(=O)=O. The highest BCUT2D eigenvalue weighted by atomic mass is 35.5. The molecule has 0 radical (unpaired) electrons. The van der Waals surface area contributed by atoms with Crippen LogP contribution in [-0.4, -0.2) is 50.5 Å². The molecule has 0 aliphatic heterocycles. The van der Waals surface area contributed by atoms with Crippen LogP contribution in [0.15, 0.2) is 72.8 Å². The number of hydrogen-bond donors (Lipinski definition) is 1. The zero-order valence-electron chi connectivity index (χ0n) is 22.2. The van der Waals surface area contributed by atoms with Crippen molar-refractivity contribution in [3.8, 4) is 0 Å². The number of alkyl halides is 3. The second-order valence-electron chi connectivity index (χ2n) is 9.18. The minimum atomic E-state index is -4.86. The van der Waals surface area contributed by atoms with Crippen LogP contribution in [0.25, 0.3) is 0 Å². The highest BCUT2D eigenvalue weighted by molar-refractivity contribution is 7.92. The molecule has 1 atom stereocenters. The molecule has 0 aliphatic rings. The molecule has 0 heterocycles. The van der Waals surface area contributed by atoms with Gasteiger partial charge in [-0.15, -0.1) is 0 Å². The summed E-state index contributed by atoms with van der Waals surface area (Å²) in [6.45, 7) is 1.02. The number of carbonyl (C=O) groups is 2. The molecular formula is C28H28Cl2F3N3O4S. The second kappa shape index (κ2) is 13.6. The summed E-state index contributed by atoms with van der Waals surface area (Å²) in [6, 6.07) is 16.9. The maximum absolute atomic E-state index is 13.9. The summed E-state index contributed by atoms with van der Waals surface area (Å²) in [4.78, 5) is 28.4. The maximum atomic E-state index is 13.9. The molecule has 0 saturated carbocycles. The van der Waals surface area contributed by atoms with Crippen LogP contribution in [0.5, 0.6) is 0 Å². The quantitative estimate of drug-likeness (QED) is 0.301. The first-order valence-electron chi connectivity index (χ1n) is 12.4. The smallest absolute Gasteiger partial charge is 0.355 e. The first-order valence-corrected chi connectivity index (χ1v) is 15.0. The number of rotatable bonds is 11. The minimum absolute atomic E-state index is 0.101. The number of nitrogens with one attached hydrogen (secondary N) is 1. The molecule has 0 fully saturated rings. The van der Waals surface area contributed by atoms with Crippen LogP contribution < -0.4 is 9.62 Å². The van der Waals surface area contributed by atoms with Crippen molar-refractivity contribution in [2.24, 2.45) is 0 Å². The lowest BCUT2D eigenvalue weighted by atomic mass is 10.0. The van der Waals surface area contributed by atoms with Crippen molar-refractivity contribution in [1.82, 2.24) is 10.2 Å². The predicted octanol–water partition coefficient (Wildman–Crippen LogP) is 5.55. The van der Waals surface area contributed by atoms with E-state index < -0.39 is 56.9 Å². The molecule has 3 rings (SSSR count). The molecule has 0 aliphatic carbocycles. The first-order chi connectivity index (χ1) is 19.2. The Balaban J connectivity index is 2.08. The number of likely N-dealkylation sites (N-methyl/N-ethyl adjacent to an activating group) is 1. The van der Waals surface area contributed by atoms with Crippen molar-refractivity contribution in [3.63, 3.8) is 0 Å². The fourth-order valence-electron chi connectivity index (χ4n) is 4.13. The summed E-state index contributed by atoms with van der Waals surface area (Å²) in [5.41, 5.74) is -0.311. The number of amides is 2. The van der Waals surface area contributed by atoms with Gasteiger partial charge in [0.25, 0.3) is 0 Å². The molecule has 41 heavy (non-hydrogen) atoms. The van der Waals surface area contributed by atoms with Crippen molar-refractivity contribution in [3.05, 3.63) is 99.5 Å². The molecule has 3 aromatic rings. The molecule has 220 valence electrons. The highest BCUT2D eigenvalue weighted by Crippen LogP contribution is 2.37. The Bertz CT molecular complexity index is 1470. The topological polar surface area (TPSA) is 86.8 Å². The Morgan fingerprint density at radius 1 is 0.951 bits per heavy atom. The monoisotopic (exact) mass is 629 g/mol. The van der Waals surface area contributed by atoms with Crippen molar-refractivity contribution < 1.29 is 31.2 Å². The number of anilines is 1. The molecule has 7 nitrogen and oxygen atoms in total. The molecule has 1 N–H and O–H groups in total. The van der Waals surface area contributed by atoms with Gasteiger partial charge in [0.05, 0.1) is 22.5 Å². The maximum Gasteiger partial charge on any atom is 0.417 e. The van der Waals surface area contributed by atoms with E-state index in [9.17, 15) is 31.2 Å². The Labute approximate surface area is 246 Å². The standard InChI is InChI=1S/C28H28Cl2F3N3O4S/c1-3-34-27(38)25(15-19-7-5-4-6-8-19)35(17-20-9-11-21(29)12-10-20)26(37)18-36(41(2,39)40)22-13-14-24(30)23(16-22)28(31,32)33/h4-14,16,25H,3,15,17-18H2,1-2H3,(H,34,38)/t25-/m1/s1. The van der Waals surface area contributed by atoms with E-state index >= 15 is 0 Å². The highest BCUT2D eigenvalue weighted by Gasteiger charge is 2.36. The molecule has 0 saturated heterocycles. The van der Waals surface area contributed by atoms with Crippen LogP contribution in [-0.2, 0) is 38.8 Å². The summed E-state index contributed by atoms with van der Waals surface area (Å²) in [7, 11) is -4.26.